The zero-order valence-corrected chi connectivity index (χ0v) is 21.5. The van der Waals surface area contributed by atoms with Crippen LogP contribution in [0.4, 0.5) is 14.5 Å². The number of H-pyrrole nitrogens is 1. The fourth-order valence-electron chi connectivity index (χ4n) is 4.83. The van der Waals surface area contributed by atoms with Gasteiger partial charge in [0, 0.05) is 59.7 Å². The van der Waals surface area contributed by atoms with Gasteiger partial charge in [-0.15, -0.1) is 0 Å². The first-order valence-corrected chi connectivity index (χ1v) is 12.5. The highest BCUT2D eigenvalue weighted by Crippen LogP contribution is 2.41. The Morgan fingerprint density at radius 2 is 1.69 bits per heavy atom. The Kier molecular flexibility index (Phi) is 5.95. The van der Waals surface area contributed by atoms with E-state index in [9.17, 15) is 13.6 Å². The number of Topliss-reactive ketones (excluding diaryl/α,β-unsaturated/α-hetero) is 1. The first-order chi connectivity index (χ1) is 18.8. The molecule has 6 rings (SSSR count). The third-order valence-electron chi connectivity index (χ3n) is 6.76. The average Bonchev–Trinajstić information content (AvgIpc) is 3.53. The van der Waals surface area contributed by atoms with E-state index in [4.69, 9.17) is 9.40 Å². The maximum atomic E-state index is 13.7. The first-order valence-electron chi connectivity index (χ1n) is 12.5. The number of anilines is 1. The summed E-state index contributed by atoms with van der Waals surface area (Å²) in [6, 6.07) is 16.1. The second-order valence-corrected chi connectivity index (χ2v) is 9.55. The van der Waals surface area contributed by atoms with E-state index in [1.165, 1.54) is 24.3 Å². The molecular weight excluding hydrogens is 498 g/mol. The van der Waals surface area contributed by atoms with Crippen molar-refractivity contribution in [3.05, 3.63) is 90.3 Å². The number of furan rings is 1. The molecular formula is C31H24F2N4O2. The fourth-order valence-corrected chi connectivity index (χ4v) is 4.83. The Balaban J connectivity index is 1.55. The second kappa shape index (κ2) is 9.47. The Morgan fingerprint density at radius 1 is 0.949 bits per heavy atom. The molecule has 0 fully saturated rings. The van der Waals surface area contributed by atoms with Crippen LogP contribution >= 0.6 is 0 Å². The van der Waals surface area contributed by atoms with Crippen LogP contribution in [0.25, 0.3) is 55.8 Å². The molecule has 3 aromatic carbocycles. The first kappa shape index (κ1) is 24.5. The van der Waals surface area contributed by atoms with Crippen molar-refractivity contribution in [3.8, 4) is 34.0 Å². The largest absolute Gasteiger partial charge is 0.455 e. The van der Waals surface area contributed by atoms with Crippen molar-refractivity contribution in [1.82, 2.24) is 15.0 Å². The lowest BCUT2D eigenvalue weighted by molar-refractivity contribution is 0.0989. The lowest BCUT2D eigenvalue weighted by atomic mass is 9.98. The molecule has 6 aromatic rings. The van der Waals surface area contributed by atoms with Crippen LogP contribution in [0, 0.1) is 11.6 Å². The van der Waals surface area contributed by atoms with Gasteiger partial charge in [-0.25, -0.2) is 13.8 Å². The molecule has 6 nitrogen and oxygen atoms in total. The van der Waals surface area contributed by atoms with Crippen molar-refractivity contribution in [2.45, 2.75) is 13.3 Å². The molecule has 0 spiro atoms. The van der Waals surface area contributed by atoms with E-state index in [0.717, 1.165) is 22.2 Å². The zero-order chi connectivity index (χ0) is 27.3. The van der Waals surface area contributed by atoms with Gasteiger partial charge in [0.2, 0.25) is 0 Å². The lowest BCUT2D eigenvalue weighted by Crippen LogP contribution is -2.10. The monoisotopic (exact) mass is 522 g/mol. The van der Waals surface area contributed by atoms with Crippen LogP contribution in [0.1, 0.15) is 23.7 Å². The van der Waals surface area contributed by atoms with Crippen molar-refractivity contribution < 1.29 is 18.0 Å². The van der Waals surface area contributed by atoms with Gasteiger partial charge < -0.3 is 14.3 Å². The van der Waals surface area contributed by atoms with E-state index < -0.39 is 0 Å². The third-order valence-corrected chi connectivity index (χ3v) is 6.76. The van der Waals surface area contributed by atoms with E-state index in [1.807, 2.05) is 37.2 Å². The standard InChI is InChI=1S/C31H24F2N4O2/c1-4-28(38)30-22-13-21(27(37(2)3)14-29(22)39-31(30)17-5-7-19(32)8-6-17)25-15-34-16-26(36-25)24-12-18-11-20(33)9-10-23(18)35-24/h5-16,35H,4H2,1-3H3. The number of hydrogen-bond donors (Lipinski definition) is 1. The summed E-state index contributed by atoms with van der Waals surface area (Å²) in [6.07, 6.45) is 3.60. The second-order valence-electron chi connectivity index (χ2n) is 9.55. The van der Waals surface area contributed by atoms with Crippen molar-refractivity contribution in [2.75, 3.05) is 19.0 Å². The number of ketones is 1. The van der Waals surface area contributed by atoms with E-state index in [-0.39, 0.29) is 23.8 Å². The highest BCUT2D eigenvalue weighted by atomic mass is 19.1. The van der Waals surface area contributed by atoms with E-state index in [0.29, 0.717) is 44.9 Å². The average molecular weight is 523 g/mol. The predicted molar refractivity (Wildman–Crippen MR) is 149 cm³/mol. The molecule has 3 aromatic heterocycles. The highest BCUT2D eigenvalue weighted by molar-refractivity contribution is 6.13. The Hall–Kier alpha value is -4.85. The molecule has 39 heavy (non-hydrogen) atoms. The van der Waals surface area contributed by atoms with Gasteiger partial charge in [-0.05, 0) is 54.6 Å². The lowest BCUT2D eigenvalue weighted by Gasteiger charge is -2.17. The predicted octanol–water partition coefficient (Wildman–Crippen LogP) is 7.64. The number of nitrogens with zero attached hydrogens (tertiary/aromatic N) is 3. The zero-order valence-electron chi connectivity index (χ0n) is 21.5. The number of aromatic amines is 1. The van der Waals surface area contributed by atoms with Gasteiger partial charge >= 0.3 is 0 Å². The molecule has 0 unspecified atom stereocenters. The molecule has 194 valence electrons. The molecule has 0 saturated carbocycles. The van der Waals surface area contributed by atoms with E-state index in [2.05, 4.69) is 9.97 Å². The molecule has 0 radical (unpaired) electrons. The van der Waals surface area contributed by atoms with Crippen molar-refractivity contribution in [3.63, 3.8) is 0 Å². The third kappa shape index (κ3) is 4.33. The Labute approximate surface area is 222 Å². The van der Waals surface area contributed by atoms with E-state index in [1.54, 1.807) is 37.5 Å². The molecule has 3 heterocycles. The van der Waals surface area contributed by atoms with Crippen LogP contribution in [0.2, 0.25) is 0 Å². The molecule has 0 atom stereocenters. The van der Waals surface area contributed by atoms with Crippen molar-refractivity contribution in [1.29, 1.82) is 0 Å². The Morgan fingerprint density at radius 3 is 2.44 bits per heavy atom. The molecule has 8 heteroatoms. The number of carbonyl (C=O) groups excluding carboxylic acids is 1. The van der Waals surface area contributed by atoms with Crippen LogP contribution < -0.4 is 4.90 Å². The summed E-state index contributed by atoms with van der Waals surface area (Å²) in [5, 5.41) is 1.39. The number of hydrogen-bond acceptors (Lipinski definition) is 5. The van der Waals surface area contributed by atoms with Gasteiger partial charge in [0.1, 0.15) is 28.7 Å². The number of halogens is 2. The summed E-state index contributed by atoms with van der Waals surface area (Å²) in [4.78, 5) is 27.7. The minimum atomic E-state index is -0.367. The van der Waals surface area contributed by atoms with Crippen molar-refractivity contribution >= 4 is 33.3 Å². The highest BCUT2D eigenvalue weighted by Gasteiger charge is 2.24. The van der Waals surface area contributed by atoms with Crippen LogP contribution in [0.3, 0.4) is 0 Å². The maximum Gasteiger partial charge on any atom is 0.167 e. The van der Waals surface area contributed by atoms with Crippen LogP contribution in [-0.4, -0.2) is 34.8 Å². The van der Waals surface area contributed by atoms with Crippen molar-refractivity contribution in [2.24, 2.45) is 0 Å². The number of benzene rings is 3. The molecule has 0 bridgehead atoms. The summed E-state index contributed by atoms with van der Waals surface area (Å²) in [6.45, 7) is 1.80. The fraction of sp³-hybridized carbons (Fsp3) is 0.129. The summed E-state index contributed by atoms with van der Waals surface area (Å²) < 4.78 is 33.6. The Bertz CT molecular complexity index is 1870. The topological polar surface area (TPSA) is 75.0 Å². The smallest absolute Gasteiger partial charge is 0.167 e. The SMILES string of the molecule is CCC(=O)c1c(-c2ccc(F)cc2)oc2cc(N(C)C)c(-c3cncc(-c4cc5cc(F)ccc5[nH]4)n3)cc12. The number of carbonyl (C=O) groups is 1. The van der Waals surface area contributed by atoms with Gasteiger partial charge in [-0.3, -0.25) is 9.78 Å². The quantitative estimate of drug-likeness (QED) is 0.228. The molecule has 0 aliphatic rings. The number of fused-ring (bicyclic) bond motifs is 2. The number of aromatic nitrogens is 3. The van der Waals surface area contributed by atoms with Crippen LogP contribution in [0.15, 0.2) is 77.5 Å². The molecule has 1 N–H and O–H groups in total. The molecule has 0 amide bonds. The summed E-state index contributed by atoms with van der Waals surface area (Å²) in [5.74, 6) is -0.353. The minimum Gasteiger partial charge on any atom is -0.455 e. The normalized spacial score (nSPS) is 11.4. The number of rotatable bonds is 6. The number of nitrogens with one attached hydrogen (secondary N) is 1. The molecule has 0 saturated heterocycles. The van der Waals surface area contributed by atoms with E-state index >= 15 is 0 Å². The van der Waals surface area contributed by atoms with Crippen LogP contribution in [0.5, 0.6) is 0 Å². The summed E-state index contributed by atoms with van der Waals surface area (Å²) in [5.41, 5.74) is 5.90. The van der Waals surface area contributed by atoms with Gasteiger partial charge in [0.05, 0.1) is 29.3 Å². The van der Waals surface area contributed by atoms with Gasteiger partial charge in [0.25, 0.3) is 0 Å². The van der Waals surface area contributed by atoms with Gasteiger partial charge in [0.15, 0.2) is 5.78 Å². The van der Waals surface area contributed by atoms with Crippen LogP contribution in [-0.2, 0) is 0 Å². The van der Waals surface area contributed by atoms with Gasteiger partial charge in [-0.2, -0.15) is 0 Å². The maximum absolute atomic E-state index is 13.7. The summed E-state index contributed by atoms with van der Waals surface area (Å²) >= 11 is 0. The van der Waals surface area contributed by atoms with Gasteiger partial charge in [-0.1, -0.05) is 6.92 Å². The molecule has 0 aliphatic carbocycles. The molecule has 0 aliphatic heterocycles. The minimum absolute atomic E-state index is 0.0817. The summed E-state index contributed by atoms with van der Waals surface area (Å²) in [7, 11) is 3.83.